The summed E-state index contributed by atoms with van der Waals surface area (Å²) in [7, 11) is 0. The van der Waals surface area contributed by atoms with Crippen molar-refractivity contribution in [3.63, 3.8) is 0 Å². The van der Waals surface area contributed by atoms with E-state index in [1.54, 1.807) is 11.3 Å². The Labute approximate surface area is 110 Å². The van der Waals surface area contributed by atoms with Gasteiger partial charge in [-0.05, 0) is 18.2 Å². The maximum absolute atomic E-state index is 11.4. The highest BCUT2D eigenvalue weighted by atomic mass is 35.5. The first kappa shape index (κ1) is 12.6. The highest BCUT2D eigenvalue weighted by molar-refractivity contribution is 7.16. The van der Waals surface area contributed by atoms with Crippen LogP contribution in [0.3, 0.4) is 0 Å². The van der Waals surface area contributed by atoms with E-state index in [9.17, 15) is 4.79 Å². The van der Waals surface area contributed by atoms with Gasteiger partial charge in [0.1, 0.15) is 0 Å². The topological polar surface area (TPSA) is 23.6 Å². The van der Waals surface area contributed by atoms with Crippen LogP contribution in [0, 0.1) is 0 Å². The zero-order chi connectivity index (χ0) is 12.3. The van der Waals surface area contributed by atoms with Crippen molar-refractivity contribution in [3.05, 3.63) is 34.0 Å². The summed E-state index contributed by atoms with van der Waals surface area (Å²) < 4.78 is 0.834. The van der Waals surface area contributed by atoms with Gasteiger partial charge in [0.15, 0.2) is 0 Å². The number of hydrogen-bond donors (Lipinski definition) is 0. The lowest BCUT2D eigenvalue weighted by molar-refractivity contribution is -0.127. The zero-order valence-corrected chi connectivity index (χ0v) is 11.1. The number of amides is 1. The molecular formula is C12H15ClN2OS. The Balaban J connectivity index is 1.83. The molecule has 2 heterocycles. The Morgan fingerprint density at radius 1 is 1.41 bits per heavy atom. The summed E-state index contributed by atoms with van der Waals surface area (Å²) in [6.07, 6.45) is 1.38. The number of piperazine rings is 1. The average molecular weight is 271 g/mol. The second-order valence-corrected chi connectivity index (χ2v) is 5.81. The maximum Gasteiger partial charge on any atom is 0.246 e. The Hall–Kier alpha value is -0.840. The van der Waals surface area contributed by atoms with Gasteiger partial charge in [0, 0.05) is 37.6 Å². The van der Waals surface area contributed by atoms with Crippen LogP contribution in [-0.2, 0) is 11.3 Å². The standard InChI is InChI=1S/C12H15ClN2OS/c1-2-12(16)15-7-5-14(6-8-15)9-10-3-4-11(13)17-10/h2-4H,1,5-9H2. The predicted molar refractivity (Wildman–Crippen MR) is 71.4 cm³/mol. The molecule has 0 N–H and O–H groups in total. The molecule has 1 aliphatic heterocycles. The molecule has 0 aliphatic carbocycles. The molecule has 0 aromatic carbocycles. The minimum Gasteiger partial charge on any atom is -0.337 e. The number of carbonyl (C=O) groups excluding carboxylic acids is 1. The summed E-state index contributed by atoms with van der Waals surface area (Å²) in [4.78, 5) is 16.9. The van der Waals surface area contributed by atoms with Crippen LogP contribution in [0.1, 0.15) is 4.88 Å². The molecule has 0 saturated carbocycles. The van der Waals surface area contributed by atoms with E-state index < -0.39 is 0 Å². The number of hydrogen-bond acceptors (Lipinski definition) is 3. The molecule has 1 aliphatic rings. The summed E-state index contributed by atoms with van der Waals surface area (Å²) in [5.41, 5.74) is 0. The summed E-state index contributed by atoms with van der Waals surface area (Å²) in [6, 6.07) is 3.99. The van der Waals surface area contributed by atoms with Gasteiger partial charge in [0.25, 0.3) is 0 Å². The van der Waals surface area contributed by atoms with Crippen molar-refractivity contribution >= 4 is 28.8 Å². The largest absolute Gasteiger partial charge is 0.337 e. The molecule has 1 aromatic rings. The second-order valence-electron chi connectivity index (χ2n) is 4.01. The molecule has 92 valence electrons. The van der Waals surface area contributed by atoms with Crippen molar-refractivity contribution in [3.8, 4) is 0 Å². The van der Waals surface area contributed by atoms with Crippen LogP contribution in [-0.4, -0.2) is 41.9 Å². The Bertz CT molecular complexity index is 410. The number of nitrogens with zero attached hydrogens (tertiary/aromatic N) is 2. The highest BCUT2D eigenvalue weighted by Gasteiger charge is 2.19. The molecule has 1 aromatic heterocycles. The molecule has 1 saturated heterocycles. The highest BCUT2D eigenvalue weighted by Crippen LogP contribution is 2.23. The second kappa shape index (κ2) is 5.67. The van der Waals surface area contributed by atoms with Crippen molar-refractivity contribution in [2.24, 2.45) is 0 Å². The molecule has 1 fully saturated rings. The van der Waals surface area contributed by atoms with Crippen molar-refractivity contribution in [2.75, 3.05) is 26.2 Å². The first-order valence-corrected chi connectivity index (χ1v) is 6.76. The maximum atomic E-state index is 11.4. The lowest BCUT2D eigenvalue weighted by atomic mass is 10.3. The fraction of sp³-hybridized carbons (Fsp3) is 0.417. The number of halogens is 1. The Kier molecular flexibility index (Phi) is 4.20. The Morgan fingerprint density at radius 2 is 2.12 bits per heavy atom. The predicted octanol–water partition coefficient (Wildman–Crippen LogP) is 2.23. The van der Waals surface area contributed by atoms with Gasteiger partial charge in [0.2, 0.25) is 5.91 Å². The van der Waals surface area contributed by atoms with Crippen LogP contribution in [0.15, 0.2) is 24.8 Å². The molecule has 1 amide bonds. The van der Waals surface area contributed by atoms with Gasteiger partial charge in [0.05, 0.1) is 4.34 Å². The summed E-state index contributed by atoms with van der Waals surface area (Å²) >= 11 is 7.52. The molecule has 0 spiro atoms. The fourth-order valence-electron chi connectivity index (χ4n) is 1.91. The summed E-state index contributed by atoms with van der Waals surface area (Å²) in [5, 5.41) is 0. The third-order valence-electron chi connectivity index (χ3n) is 2.87. The van der Waals surface area contributed by atoms with Crippen LogP contribution in [0.25, 0.3) is 0 Å². The molecule has 17 heavy (non-hydrogen) atoms. The SMILES string of the molecule is C=CC(=O)N1CCN(Cc2ccc(Cl)s2)CC1. The van der Waals surface area contributed by atoms with Crippen molar-refractivity contribution in [2.45, 2.75) is 6.54 Å². The smallest absolute Gasteiger partial charge is 0.246 e. The van der Waals surface area contributed by atoms with Crippen LogP contribution in [0.5, 0.6) is 0 Å². The van der Waals surface area contributed by atoms with E-state index in [0.717, 1.165) is 37.1 Å². The summed E-state index contributed by atoms with van der Waals surface area (Å²) in [5.74, 6) is 0.0313. The molecule has 0 bridgehead atoms. The van der Waals surface area contributed by atoms with E-state index in [1.165, 1.54) is 11.0 Å². The van der Waals surface area contributed by atoms with Gasteiger partial charge in [-0.3, -0.25) is 9.69 Å². The van der Waals surface area contributed by atoms with Gasteiger partial charge in [-0.25, -0.2) is 0 Å². The van der Waals surface area contributed by atoms with E-state index >= 15 is 0 Å². The van der Waals surface area contributed by atoms with E-state index in [0.29, 0.717) is 0 Å². The van der Waals surface area contributed by atoms with Gasteiger partial charge >= 0.3 is 0 Å². The number of carbonyl (C=O) groups is 1. The van der Waals surface area contributed by atoms with Gasteiger partial charge in [-0.1, -0.05) is 18.2 Å². The third kappa shape index (κ3) is 3.31. The molecule has 0 atom stereocenters. The van der Waals surface area contributed by atoms with Crippen LogP contribution < -0.4 is 0 Å². The molecular weight excluding hydrogens is 256 g/mol. The fourth-order valence-corrected chi connectivity index (χ4v) is 3.04. The van der Waals surface area contributed by atoms with Crippen LogP contribution in [0.4, 0.5) is 0 Å². The summed E-state index contributed by atoms with van der Waals surface area (Å²) in [6.45, 7) is 7.82. The first-order valence-electron chi connectivity index (χ1n) is 5.57. The Morgan fingerprint density at radius 3 is 2.65 bits per heavy atom. The first-order chi connectivity index (χ1) is 8.19. The van der Waals surface area contributed by atoms with E-state index in [4.69, 9.17) is 11.6 Å². The minimum absolute atomic E-state index is 0.0313. The van der Waals surface area contributed by atoms with Crippen molar-refractivity contribution in [1.29, 1.82) is 0 Å². The number of thiophene rings is 1. The normalized spacial score (nSPS) is 17.1. The van der Waals surface area contributed by atoms with Crippen molar-refractivity contribution < 1.29 is 4.79 Å². The number of rotatable bonds is 3. The van der Waals surface area contributed by atoms with Gasteiger partial charge in [-0.2, -0.15) is 0 Å². The zero-order valence-electron chi connectivity index (χ0n) is 9.56. The average Bonchev–Trinajstić information content (AvgIpc) is 2.75. The van der Waals surface area contributed by atoms with Gasteiger partial charge in [-0.15, -0.1) is 11.3 Å². The monoisotopic (exact) mass is 270 g/mol. The van der Waals surface area contributed by atoms with Crippen LogP contribution >= 0.6 is 22.9 Å². The lowest BCUT2D eigenvalue weighted by Crippen LogP contribution is -2.47. The quantitative estimate of drug-likeness (QED) is 0.787. The molecule has 3 nitrogen and oxygen atoms in total. The van der Waals surface area contributed by atoms with Gasteiger partial charge < -0.3 is 4.90 Å². The van der Waals surface area contributed by atoms with Crippen LogP contribution in [0.2, 0.25) is 4.34 Å². The van der Waals surface area contributed by atoms with E-state index in [2.05, 4.69) is 17.5 Å². The van der Waals surface area contributed by atoms with E-state index in [1.807, 2.05) is 11.0 Å². The minimum atomic E-state index is 0.0313. The van der Waals surface area contributed by atoms with E-state index in [-0.39, 0.29) is 5.91 Å². The molecule has 2 rings (SSSR count). The van der Waals surface area contributed by atoms with Crippen molar-refractivity contribution in [1.82, 2.24) is 9.80 Å². The molecule has 5 heteroatoms. The molecule has 0 unspecified atom stereocenters. The molecule has 0 radical (unpaired) electrons. The third-order valence-corrected chi connectivity index (χ3v) is 4.08. The lowest BCUT2D eigenvalue weighted by Gasteiger charge is -2.33.